The van der Waals surface area contributed by atoms with Gasteiger partial charge in [0.25, 0.3) is 0 Å². The van der Waals surface area contributed by atoms with Gasteiger partial charge < -0.3 is 14.9 Å². The second-order valence-electron chi connectivity index (χ2n) is 7.02. The summed E-state index contributed by atoms with van der Waals surface area (Å²) >= 11 is 0. The second-order valence-corrected chi connectivity index (χ2v) is 7.02. The summed E-state index contributed by atoms with van der Waals surface area (Å²) in [7, 11) is 1.67. The van der Waals surface area contributed by atoms with Crippen molar-refractivity contribution in [2.45, 2.75) is 77.6 Å². The Labute approximate surface area is 124 Å². The van der Waals surface area contributed by atoms with E-state index in [-0.39, 0.29) is 18.4 Å². The summed E-state index contributed by atoms with van der Waals surface area (Å²) < 4.78 is 6.01. The van der Waals surface area contributed by atoms with Crippen molar-refractivity contribution in [1.29, 1.82) is 0 Å². The zero-order valence-corrected chi connectivity index (χ0v) is 14.0. The maximum absolute atomic E-state index is 12.1. The molecule has 1 unspecified atom stereocenters. The SMILES string of the molecule is CCC1(C)NC(=O)CCC(C)(C)N(OC)C(C)(C)CO1.[HH]. The molecule has 1 heterocycles. The van der Waals surface area contributed by atoms with Crippen LogP contribution in [0, 0.1) is 0 Å². The molecule has 0 saturated carbocycles. The third kappa shape index (κ3) is 3.93. The van der Waals surface area contributed by atoms with Crippen LogP contribution >= 0.6 is 0 Å². The van der Waals surface area contributed by atoms with E-state index in [2.05, 4.69) is 33.0 Å². The summed E-state index contributed by atoms with van der Waals surface area (Å²) in [5.74, 6) is 0.0261. The zero-order chi connectivity index (χ0) is 15.6. The molecular formula is C15H32N2O3. The lowest BCUT2D eigenvalue weighted by atomic mass is 9.91. The highest BCUT2D eigenvalue weighted by Crippen LogP contribution is 2.31. The largest absolute Gasteiger partial charge is 0.354 e. The van der Waals surface area contributed by atoms with Gasteiger partial charge in [-0.05, 0) is 47.5 Å². The van der Waals surface area contributed by atoms with E-state index in [1.54, 1.807) is 7.11 Å². The van der Waals surface area contributed by atoms with E-state index in [1.165, 1.54) is 0 Å². The minimum absolute atomic E-state index is 0. The number of carbonyl (C=O) groups excluding carboxylic acids is 1. The second kappa shape index (κ2) is 6.00. The molecule has 1 N–H and O–H groups in total. The number of hydrogen-bond donors (Lipinski definition) is 1. The molecule has 0 spiro atoms. The third-order valence-corrected chi connectivity index (χ3v) is 4.07. The summed E-state index contributed by atoms with van der Waals surface area (Å²) in [5, 5.41) is 4.95. The maximum atomic E-state index is 12.1. The summed E-state index contributed by atoms with van der Waals surface area (Å²) in [6, 6.07) is 0. The van der Waals surface area contributed by atoms with E-state index in [1.807, 2.05) is 18.9 Å². The van der Waals surface area contributed by atoms with Crippen molar-refractivity contribution in [3.63, 3.8) is 0 Å². The molecule has 120 valence electrons. The van der Waals surface area contributed by atoms with E-state index in [9.17, 15) is 4.79 Å². The molecule has 0 aromatic carbocycles. The zero-order valence-electron chi connectivity index (χ0n) is 14.0. The number of rotatable bonds is 2. The number of amides is 1. The molecule has 1 atom stereocenters. The van der Waals surface area contributed by atoms with Crippen LogP contribution in [0.2, 0.25) is 0 Å². The summed E-state index contributed by atoms with van der Waals surface area (Å²) in [6.07, 6.45) is 1.92. The van der Waals surface area contributed by atoms with Crippen molar-refractivity contribution in [3.8, 4) is 0 Å². The molecule has 0 aromatic heterocycles. The van der Waals surface area contributed by atoms with Gasteiger partial charge >= 0.3 is 0 Å². The topological polar surface area (TPSA) is 50.8 Å². The van der Waals surface area contributed by atoms with Gasteiger partial charge in [-0.25, -0.2) is 0 Å². The average Bonchev–Trinajstić information content (AvgIpc) is 2.34. The predicted octanol–water partition coefficient (Wildman–Crippen LogP) is 2.71. The van der Waals surface area contributed by atoms with Crippen LogP contribution in [0.15, 0.2) is 0 Å². The van der Waals surface area contributed by atoms with Gasteiger partial charge in [-0.2, -0.15) is 5.06 Å². The molecule has 5 nitrogen and oxygen atoms in total. The van der Waals surface area contributed by atoms with Crippen molar-refractivity contribution in [3.05, 3.63) is 0 Å². The summed E-state index contributed by atoms with van der Waals surface area (Å²) in [4.78, 5) is 17.7. The molecule has 0 aromatic rings. The lowest BCUT2D eigenvalue weighted by Gasteiger charge is -2.48. The van der Waals surface area contributed by atoms with Crippen LogP contribution in [0.1, 0.15) is 62.2 Å². The van der Waals surface area contributed by atoms with E-state index in [4.69, 9.17) is 9.57 Å². The molecule has 1 rings (SSSR count). The monoisotopic (exact) mass is 288 g/mol. The van der Waals surface area contributed by atoms with E-state index >= 15 is 0 Å². The van der Waals surface area contributed by atoms with Crippen molar-refractivity contribution >= 4 is 5.91 Å². The van der Waals surface area contributed by atoms with Crippen molar-refractivity contribution in [1.82, 2.24) is 10.4 Å². The number of hydroxylamine groups is 2. The molecule has 1 amide bonds. The Bertz CT molecular complexity index is 361. The van der Waals surface area contributed by atoms with Crippen LogP contribution in [-0.2, 0) is 14.4 Å². The van der Waals surface area contributed by atoms with Crippen LogP contribution in [0.3, 0.4) is 0 Å². The van der Waals surface area contributed by atoms with Gasteiger partial charge in [0.2, 0.25) is 5.91 Å². The van der Waals surface area contributed by atoms with Gasteiger partial charge in [-0.15, -0.1) is 0 Å². The van der Waals surface area contributed by atoms with Gasteiger partial charge in [0, 0.05) is 13.4 Å². The Hall–Kier alpha value is -0.650. The molecular weight excluding hydrogens is 256 g/mol. The van der Waals surface area contributed by atoms with Crippen LogP contribution in [0.4, 0.5) is 0 Å². The van der Waals surface area contributed by atoms with Crippen molar-refractivity contribution in [2.75, 3.05) is 13.7 Å². The molecule has 20 heavy (non-hydrogen) atoms. The number of nitrogens with zero attached hydrogens (tertiary/aromatic N) is 1. The van der Waals surface area contributed by atoms with E-state index in [0.29, 0.717) is 13.0 Å². The first-order valence-electron chi connectivity index (χ1n) is 7.36. The fraction of sp³-hybridized carbons (Fsp3) is 0.933. The molecule has 1 aliphatic rings. The quantitative estimate of drug-likeness (QED) is 0.849. The fourth-order valence-electron chi connectivity index (χ4n) is 2.81. The van der Waals surface area contributed by atoms with E-state index in [0.717, 1.165) is 12.8 Å². The molecule has 0 bridgehead atoms. The minimum Gasteiger partial charge on any atom is -0.354 e. The summed E-state index contributed by atoms with van der Waals surface area (Å²) in [6.45, 7) is 12.8. The number of nitrogens with one attached hydrogen (secondary N) is 1. The normalized spacial score (nSPS) is 31.6. The minimum atomic E-state index is -0.616. The van der Waals surface area contributed by atoms with Gasteiger partial charge in [0.05, 0.1) is 19.3 Å². The number of hydrogen-bond acceptors (Lipinski definition) is 4. The van der Waals surface area contributed by atoms with Crippen LogP contribution in [-0.4, -0.2) is 41.5 Å². The number of carbonyl (C=O) groups is 1. The lowest BCUT2D eigenvalue weighted by Crippen LogP contribution is -2.60. The molecule has 5 heteroatoms. The van der Waals surface area contributed by atoms with E-state index < -0.39 is 5.72 Å². The molecule has 1 aliphatic heterocycles. The Kier molecular flexibility index (Phi) is 5.22. The maximum Gasteiger partial charge on any atom is 0.222 e. The predicted molar refractivity (Wildman–Crippen MR) is 81.1 cm³/mol. The third-order valence-electron chi connectivity index (χ3n) is 4.07. The van der Waals surface area contributed by atoms with Crippen LogP contribution in [0.5, 0.6) is 0 Å². The number of ether oxygens (including phenoxy) is 1. The highest BCUT2D eigenvalue weighted by molar-refractivity contribution is 5.76. The highest BCUT2D eigenvalue weighted by Gasteiger charge is 2.41. The Morgan fingerprint density at radius 3 is 2.40 bits per heavy atom. The van der Waals surface area contributed by atoms with Gasteiger partial charge in [0.1, 0.15) is 5.72 Å². The Morgan fingerprint density at radius 1 is 1.30 bits per heavy atom. The van der Waals surface area contributed by atoms with Crippen LogP contribution < -0.4 is 5.32 Å². The average molecular weight is 288 g/mol. The molecule has 0 aliphatic carbocycles. The summed E-state index contributed by atoms with van der Waals surface area (Å²) in [5.41, 5.74) is -1.13. The molecule has 1 fully saturated rings. The first kappa shape index (κ1) is 17.4. The fourth-order valence-corrected chi connectivity index (χ4v) is 2.81. The lowest BCUT2D eigenvalue weighted by molar-refractivity contribution is -0.268. The molecule has 0 radical (unpaired) electrons. The van der Waals surface area contributed by atoms with Crippen molar-refractivity contribution < 1.29 is 15.8 Å². The standard InChI is InChI=1S/C15H30N2O3.H2/c1-8-15(6)16-12(18)9-10-13(2,3)17(19-7)14(4,5)11-20-15;/h8-11H2,1-7H3,(H,16,18);1H. The van der Waals surface area contributed by atoms with Gasteiger partial charge in [-0.1, -0.05) is 6.92 Å². The Balaban J connectivity index is 0.00000400. The Morgan fingerprint density at radius 2 is 1.90 bits per heavy atom. The van der Waals surface area contributed by atoms with Crippen LogP contribution in [0.25, 0.3) is 0 Å². The first-order valence-corrected chi connectivity index (χ1v) is 7.36. The first-order chi connectivity index (χ1) is 9.06. The van der Waals surface area contributed by atoms with Crippen molar-refractivity contribution in [2.24, 2.45) is 0 Å². The van der Waals surface area contributed by atoms with Gasteiger partial charge in [-0.3, -0.25) is 4.79 Å². The highest BCUT2D eigenvalue weighted by atomic mass is 16.7. The van der Waals surface area contributed by atoms with Gasteiger partial charge in [0.15, 0.2) is 0 Å². The molecule has 1 saturated heterocycles. The smallest absolute Gasteiger partial charge is 0.222 e.